The normalized spacial score (nSPS) is 10.1. The highest BCUT2D eigenvalue weighted by atomic mass is 16.6. The minimum atomic E-state index is -0.455. The molecule has 0 unspecified atom stereocenters. The largest absolute Gasteiger partial charge is 0.508 e. The van der Waals surface area contributed by atoms with Crippen molar-refractivity contribution in [2.75, 3.05) is 13.2 Å². The van der Waals surface area contributed by atoms with Crippen molar-refractivity contribution >= 4 is 11.8 Å². The Kier molecular flexibility index (Phi) is 5.74. The second kappa shape index (κ2) is 7.98. The predicted octanol–water partition coefficient (Wildman–Crippen LogP) is 2.76. The zero-order valence-corrected chi connectivity index (χ0v) is 12.8. The molecule has 0 saturated heterocycles. The number of hydrogen-bond acceptors (Lipinski definition) is 5. The minimum absolute atomic E-state index is 0.0998. The van der Waals surface area contributed by atoms with Gasteiger partial charge < -0.3 is 14.6 Å². The highest BCUT2D eigenvalue weighted by molar-refractivity contribution is 5.97. The van der Waals surface area contributed by atoms with Crippen LogP contribution in [0.4, 0.5) is 0 Å². The lowest BCUT2D eigenvalue weighted by atomic mass is 10.0. The third-order valence-electron chi connectivity index (χ3n) is 3.09. The molecule has 5 nitrogen and oxygen atoms in total. The van der Waals surface area contributed by atoms with Gasteiger partial charge >= 0.3 is 5.97 Å². The maximum atomic E-state index is 12.3. The van der Waals surface area contributed by atoms with E-state index in [1.165, 1.54) is 0 Å². The SMILES string of the molecule is CCOC(=O)COc1cccc(C(=O)Cc2cccc(O)c2)c1. The standard InChI is InChI=1S/C18H18O5/c1-2-22-18(21)12-23-16-8-4-6-14(11-16)17(20)10-13-5-3-7-15(19)9-13/h3-9,11,19H,2,10,12H2,1H3. The van der Waals surface area contributed by atoms with E-state index < -0.39 is 5.97 Å². The van der Waals surface area contributed by atoms with E-state index in [9.17, 15) is 14.7 Å². The monoisotopic (exact) mass is 314 g/mol. The number of esters is 1. The summed E-state index contributed by atoms with van der Waals surface area (Å²) in [5, 5.41) is 9.43. The van der Waals surface area contributed by atoms with Crippen LogP contribution in [0.25, 0.3) is 0 Å². The first-order chi connectivity index (χ1) is 11.1. The van der Waals surface area contributed by atoms with E-state index in [0.29, 0.717) is 17.9 Å². The lowest BCUT2D eigenvalue weighted by Crippen LogP contribution is -2.14. The Hall–Kier alpha value is -2.82. The number of benzene rings is 2. The van der Waals surface area contributed by atoms with Crippen LogP contribution in [0.3, 0.4) is 0 Å². The first kappa shape index (κ1) is 16.5. The van der Waals surface area contributed by atoms with Crippen molar-refractivity contribution < 1.29 is 24.2 Å². The summed E-state index contributed by atoms with van der Waals surface area (Å²) in [5.41, 5.74) is 1.21. The van der Waals surface area contributed by atoms with Gasteiger partial charge in [0.2, 0.25) is 0 Å². The first-order valence-electron chi connectivity index (χ1n) is 7.28. The topological polar surface area (TPSA) is 72.8 Å². The van der Waals surface area contributed by atoms with Gasteiger partial charge in [0.25, 0.3) is 0 Å². The third-order valence-corrected chi connectivity index (χ3v) is 3.09. The molecular formula is C18H18O5. The molecule has 2 rings (SSSR count). The lowest BCUT2D eigenvalue weighted by Gasteiger charge is -2.07. The molecule has 0 amide bonds. The van der Waals surface area contributed by atoms with E-state index in [1.807, 2.05) is 0 Å². The molecule has 0 fully saturated rings. The number of rotatable bonds is 7. The van der Waals surface area contributed by atoms with E-state index in [1.54, 1.807) is 55.5 Å². The second-order valence-electron chi connectivity index (χ2n) is 4.89. The predicted molar refractivity (Wildman–Crippen MR) is 84.7 cm³/mol. The molecule has 0 radical (unpaired) electrons. The van der Waals surface area contributed by atoms with Gasteiger partial charge in [-0.2, -0.15) is 0 Å². The molecule has 0 aliphatic heterocycles. The molecule has 0 aliphatic carbocycles. The Balaban J connectivity index is 2.01. The number of Topliss-reactive ketones (excluding diaryl/α,β-unsaturated/α-hetero) is 1. The Morgan fingerprint density at radius 3 is 2.61 bits per heavy atom. The molecule has 0 atom stereocenters. The van der Waals surface area contributed by atoms with E-state index in [-0.39, 0.29) is 24.6 Å². The van der Waals surface area contributed by atoms with Crippen molar-refractivity contribution in [3.05, 3.63) is 59.7 Å². The van der Waals surface area contributed by atoms with Crippen LogP contribution >= 0.6 is 0 Å². The molecule has 0 bridgehead atoms. The Bertz CT molecular complexity index is 693. The van der Waals surface area contributed by atoms with Gasteiger partial charge in [-0.05, 0) is 36.8 Å². The van der Waals surface area contributed by atoms with Crippen molar-refractivity contribution in [1.82, 2.24) is 0 Å². The molecule has 1 N–H and O–H groups in total. The van der Waals surface area contributed by atoms with Gasteiger partial charge in [-0.25, -0.2) is 4.79 Å². The average molecular weight is 314 g/mol. The van der Waals surface area contributed by atoms with Gasteiger partial charge in [-0.1, -0.05) is 24.3 Å². The van der Waals surface area contributed by atoms with Crippen molar-refractivity contribution in [1.29, 1.82) is 0 Å². The maximum Gasteiger partial charge on any atom is 0.344 e. The van der Waals surface area contributed by atoms with E-state index in [4.69, 9.17) is 9.47 Å². The lowest BCUT2D eigenvalue weighted by molar-refractivity contribution is -0.145. The van der Waals surface area contributed by atoms with E-state index in [0.717, 1.165) is 5.56 Å². The van der Waals surface area contributed by atoms with Gasteiger partial charge in [-0.3, -0.25) is 4.79 Å². The van der Waals surface area contributed by atoms with Gasteiger partial charge in [0.1, 0.15) is 11.5 Å². The summed E-state index contributed by atoms with van der Waals surface area (Å²) < 4.78 is 10.1. The van der Waals surface area contributed by atoms with Crippen LogP contribution < -0.4 is 4.74 Å². The van der Waals surface area contributed by atoms with Crippen LogP contribution in [0.2, 0.25) is 0 Å². The molecule has 120 valence electrons. The molecule has 0 aliphatic rings. The molecule has 2 aromatic rings. The highest BCUT2D eigenvalue weighted by Crippen LogP contribution is 2.17. The summed E-state index contributed by atoms with van der Waals surface area (Å²) in [6.07, 6.45) is 0.176. The quantitative estimate of drug-likeness (QED) is 0.628. The Morgan fingerprint density at radius 2 is 1.87 bits per heavy atom. The molecule has 0 aromatic heterocycles. The fraction of sp³-hybridized carbons (Fsp3) is 0.222. The molecule has 0 heterocycles. The van der Waals surface area contributed by atoms with Crippen molar-refractivity contribution in [2.45, 2.75) is 13.3 Å². The number of phenolic OH excluding ortho intramolecular Hbond substituents is 1. The van der Waals surface area contributed by atoms with Gasteiger partial charge in [-0.15, -0.1) is 0 Å². The minimum Gasteiger partial charge on any atom is -0.508 e. The molecule has 0 spiro atoms. The van der Waals surface area contributed by atoms with Crippen LogP contribution in [0.15, 0.2) is 48.5 Å². The van der Waals surface area contributed by atoms with E-state index in [2.05, 4.69) is 0 Å². The van der Waals surface area contributed by atoms with Gasteiger partial charge in [0, 0.05) is 12.0 Å². The summed E-state index contributed by atoms with van der Waals surface area (Å²) in [7, 11) is 0. The summed E-state index contributed by atoms with van der Waals surface area (Å²) in [4.78, 5) is 23.6. The summed E-state index contributed by atoms with van der Waals surface area (Å²) in [6.45, 7) is 1.82. The van der Waals surface area contributed by atoms with Gasteiger partial charge in [0.05, 0.1) is 6.61 Å². The number of carbonyl (C=O) groups excluding carboxylic acids is 2. The third kappa shape index (κ3) is 5.14. The number of hydrogen-bond donors (Lipinski definition) is 1. The fourth-order valence-corrected chi connectivity index (χ4v) is 2.06. The maximum absolute atomic E-state index is 12.3. The molecule has 23 heavy (non-hydrogen) atoms. The number of carbonyl (C=O) groups is 2. The first-order valence-corrected chi connectivity index (χ1v) is 7.28. The second-order valence-corrected chi connectivity index (χ2v) is 4.89. The molecule has 0 saturated carbocycles. The molecule has 5 heteroatoms. The number of ether oxygens (including phenoxy) is 2. The van der Waals surface area contributed by atoms with E-state index >= 15 is 0 Å². The summed E-state index contributed by atoms with van der Waals surface area (Å²) in [6, 6.07) is 13.2. The smallest absolute Gasteiger partial charge is 0.344 e. The number of ketones is 1. The van der Waals surface area contributed by atoms with Crippen LogP contribution in [-0.2, 0) is 16.0 Å². The molecular weight excluding hydrogens is 296 g/mol. The fourth-order valence-electron chi connectivity index (χ4n) is 2.06. The number of phenols is 1. The summed E-state index contributed by atoms with van der Waals surface area (Å²) >= 11 is 0. The van der Waals surface area contributed by atoms with Crippen molar-refractivity contribution in [3.63, 3.8) is 0 Å². The van der Waals surface area contributed by atoms with Gasteiger partial charge in [0.15, 0.2) is 12.4 Å². The van der Waals surface area contributed by atoms with Crippen LogP contribution in [-0.4, -0.2) is 30.1 Å². The Morgan fingerprint density at radius 1 is 1.09 bits per heavy atom. The average Bonchev–Trinajstić information content (AvgIpc) is 2.53. The van der Waals surface area contributed by atoms with Crippen LogP contribution in [0.5, 0.6) is 11.5 Å². The zero-order chi connectivity index (χ0) is 16.7. The Labute approximate surface area is 134 Å². The summed E-state index contributed by atoms with van der Waals surface area (Å²) in [5.74, 6) is 0.00260. The number of aromatic hydroxyl groups is 1. The zero-order valence-electron chi connectivity index (χ0n) is 12.8. The van der Waals surface area contributed by atoms with Crippen molar-refractivity contribution in [3.8, 4) is 11.5 Å². The molecule has 2 aromatic carbocycles. The van der Waals surface area contributed by atoms with Crippen LogP contribution in [0, 0.1) is 0 Å². The van der Waals surface area contributed by atoms with Crippen molar-refractivity contribution in [2.24, 2.45) is 0 Å². The highest BCUT2D eigenvalue weighted by Gasteiger charge is 2.10. The van der Waals surface area contributed by atoms with Crippen LogP contribution in [0.1, 0.15) is 22.8 Å².